The second-order valence-corrected chi connectivity index (χ2v) is 7.60. The molecule has 0 aliphatic heterocycles. The van der Waals surface area contributed by atoms with Crippen LogP contribution >= 0.6 is 0 Å². The van der Waals surface area contributed by atoms with Crippen molar-refractivity contribution in [3.63, 3.8) is 0 Å². The van der Waals surface area contributed by atoms with Crippen molar-refractivity contribution in [2.24, 2.45) is 5.73 Å². The van der Waals surface area contributed by atoms with Crippen LogP contribution in [0.15, 0.2) is 24.4 Å². The second-order valence-electron chi connectivity index (χ2n) is 7.60. The number of hydrogen-bond acceptors (Lipinski definition) is 4. The quantitative estimate of drug-likeness (QED) is 0.487. The van der Waals surface area contributed by atoms with Crippen molar-refractivity contribution in [1.82, 2.24) is 14.5 Å². The molecule has 2 heterocycles. The van der Waals surface area contributed by atoms with Gasteiger partial charge in [0.25, 0.3) is 0 Å². The first-order valence-corrected chi connectivity index (χ1v) is 10.4. The number of fused-ring (bicyclic) bond motifs is 3. The molecule has 1 atom stereocenters. The lowest BCUT2D eigenvalue weighted by molar-refractivity contribution is 0.404. The maximum Gasteiger partial charge on any atom is 0.220 e. The summed E-state index contributed by atoms with van der Waals surface area (Å²) in [6, 6.07) is 7.09. The summed E-state index contributed by atoms with van der Waals surface area (Å²) >= 11 is 0. The Bertz CT molecular complexity index is 883. The molecule has 0 bridgehead atoms. The number of unbranched alkanes of at least 4 members (excludes halogenated alkanes) is 4. The lowest BCUT2D eigenvalue weighted by atomic mass is 10.0. The number of nitrogen functional groups attached to an aromatic ring is 1. The van der Waals surface area contributed by atoms with E-state index in [-0.39, 0.29) is 0 Å². The first-order valence-electron chi connectivity index (χ1n) is 10.4. The molecule has 0 saturated carbocycles. The van der Waals surface area contributed by atoms with Crippen molar-refractivity contribution in [2.75, 3.05) is 12.3 Å². The molecular weight excluding hydrogens is 334 g/mol. The number of benzene rings is 1. The third kappa shape index (κ3) is 4.41. The van der Waals surface area contributed by atoms with Crippen LogP contribution in [-0.2, 0) is 0 Å². The van der Waals surface area contributed by atoms with E-state index in [1.54, 1.807) is 0 Å². The summed E-state index contributed by atoms with van der Waals surface area (Å²) in [5.74, 6) is 0.329. The summed E-state index contributed by atoms with van der Waals surface area (Å²) in [6.07, 6.45) is 11.7. The third-order valence-electron chi connectivity index (χ3n) is 5.54. The van der Waals surface area contributed by atoms with E-state index in [1.165, 1.54) is 61.5 Å². The fraction of sp³-hybridized carbons (Fsp3) is 0.545. The van der Waals surface area contributed by atoms with Gasteiger partial charge in [-0.3, -0.25) is 0 Å². The molecule has 4 N–H and O–H groups in total. The van der Waals surface area contributed by atoms with Crippen molar-refractivity contribution < 1.29 is 0 Å². The number of nitrogens with zero attached hydrogens (tertiary/aromatic N) is 3. The molecular formula is C22H33N5. The second kappa shape index (κ2) is 9.18. The van der Waals surface area contributed by atoms with Gasteiger partial charge in [0, 0.05) is 34.2 Å². The molecule has 0 saturated heterocycles. The first-order chi connectivity index (χ1) is 13.2. The van der Waals surface area contributed by atoms with Gasteiger partial charge in [0.2, 0.25) is 5.95 Å². The molecule has 5 nitrogen and oxygen atoms in total. The minimum atomic E-state index is 0.329. The molecule has 3 aromatic rings. The molecule has 5 heteroatoms. The van der Waals surface area contributed by atoms with Crippen LogP contribution in [0.5, 0.6) is 0 Å². The highest BCUT2D eigenvalue weighted by molar-refractivity contribution is 6.05. The van der Waals surface area contributed by atoms with Gasteiger partial charge in [-0.2, -0.15) is 0 Å². The van der Waals surface area contributed by atoms with Gasteiger partial charge < -0.3 is 16.0 Å². The SMILES string of the molecule is CCCCCC(CCCCCN)n1c(C)cc2c3cnc(N)nc3ccc21. The summed E-state index contributed by atoms with van der Waals surface area (Å²) in [6.45, 7) is 5.28. The standard InChI is InChI=1S/C22H33N5/c1-3-4-6-9-17(10-7-5-8-13-23)27-16(2)14-18-19-15-25-22(24)26-20(19)11-12-21(18)27/h11-12,14-15,17H,3-10,13,23H2,1-2H3,(H2,24,25,26). The highest BCUT2D eigenvalue weighted by atomic mass is 15.0. The zero-order valence-corrected chi connectivity index (χ0v) is 16.7. The normalized spacial score (nSPS) is 12.9. The van der Waals surface area contributed by atoms with Crippen LogP contribution in [0.3, 0.4) is 0 Å². The van der Waals surface area contributed by atoms with Gasteiger partial charge >= 0.3 is 0 Å². The minimum Gasteiger partial charge on any atom is -0.368 e. The Kier molecular flexibility index (Phi) is 6.67. The number of nitrogens with two attached hydrogens (primary N) is 2. The Hall–Kier alpha value is -2.14. The first kappa shape index (κ1) is 19.6. The molecule has 3 rings (SSSR count). The molecule has 0 aliphatic rings. The molecule has 146 valence electrons. The topological polar surface area (TPSA) is 82.8 Å². The third-order valence-corrected chi connectivity index (χ3v) is 5.54. The van der Waals surface area contributed by atoms with E-state index < -0.39 is 0 Å². The van der Waals surface area contributed by atoms with Crippen LogP contribution in [0, 0.1) is 6.92 Å². The van der Waals surface area contributed by atoms with E-state index in [1.807, 2.05) is 6.20 Å². The Morgan fingerprint density at radius 1 is 1.04 bits per heavy atom. The molecule has 0 radical (unpaired) electrons. The Morgan fingerprint density at radius 3 is 2.56 bits per heavy atom. The molecule has 0 fully saturated rings. The van der Waals surface area contributed by atoms with E-state index in [2.05, 4.69) is 46.6 Å². The molecule has 0 spiro atoms. The van der Waals surface area contributed by atoms with Gasteiger partial charge in [0.1, 0.15) is 0 Å². The number of aromatic nitrogens is 3. The maximum atomic E-state index is 5.76. The fourth-order valence-electron chi connectivity index (χ4n) is 4.18. The van der Waals surface area contributed by atoms with Crippen molar-refractivity contribution in [3.05, 3.63) is 30.1 Å². The van der Waals surface area contributed by atoms with E-state index in [0.29, 0.717) is 12.0 Å². The summed E-state index contributed by atoms with van der Waals surface area (Å²) < 4.78 is 2.54. The molecule has 1 aromatic carbocycles. The van der Waals surface area contributed by atoms with E-state index in [0.717, 1.165) is 23.9 Å². The highest BCUT2D eigenvalue weighted by Crippen LogP contribution is 2.33. The number of anilines is 1. The van der Waals surface area contributed by atoms with Crippen LogP contribution in [0.4, 0.5) is 5.95 Å². The predicted molar refractivity (Wildman–Crippen MR) is 115 cm³/mol. The Balaban J connectivity index is 1.96. The van der Waals surface area contributed by atoms with Crippen molar-refractivity contribution in [2.45, 2.75) is 71.3 Å². The Morgan fingerprint density at radius 2 is 1.81 bits per heavy atom. The van der Waals surface area contributed by atoms with Crippen molar-refractivity contribution in [3.8, 4) is 0 Å². The predicted octanol–water partition coefficient (Wildman–Crippen LogP) is 5.12. The van der Waals surface area contributed by atoms with Gasteiger partial charge in [-0.15, -0.1) is 0 Å². The lowest BCUT2D eigenvalue weighted by Gasteiger charge is -2.22. The molecule has 2 aromatic heterocycles. The smallest absolute Gasteiger partial charge is 0.220 e. The maximum absolute atomic E-state index is 5.76. The number of aryl methyl sites for hydroxylation is 1. The fourth-order valence-corrected chi connectivity index (χ4v) is 4.18. The summed E-state index contributed by atoms with van der Waals surface area (Å²) in [7, 11) is 0. The van der Waals surface area contributed by atoms with Crippen LogP contribution in [0.25, 0.3) is 21.8 Å². The summed E-state index contributed by atoms with van der Waals surface area (Å²) in [5, 5.41) is 2.31. The van der Waals surface area contributed by atoms with Gasteiger partial charge in [-0.05, 0) is 50.9 Å². The number of hydrogen-bond donors (Lipinski definition) is 2. The van der Waals surface area contributed by atoms with Gasteiger partial charge in [0.15, 0.2) is 0 Å². The average molecular weight is 368 g/mol. The lowest BCUT2D eigenvalue weighted by Crippen LogP contribution is -2.11. The zero-order valence-electron chi connectivity index (χ0n) is 16.7. The van der Waals surface area contributed by atoms with E-state index in [9.17, 15) is 0 Å². The van der Waals surface area contributed by atoms with Crippen molar-refractivity contribution >= 4 is 27.8 Å². The van der Waals surface area contributed by atoms with E-state index in [4.69, 9.17) is 11.5 Å². The largest absolute Gasteiger partial charge is 0.368 e. The van der Waals surface area contributed by atoms with Crippen LogP contribution in [0.2, 0.25) is 0 Å². The van der Waals surface area contributed by atoms with Crippen LogP contribution in [-0.4, -0.2) is 21.1 Å². The van der Waals surface area contributed by atoms with Crippen LogP contribution < -0.4 is 11.5 Å². The van der Waals surface area contributed by atoms with Gasteiger partial charge in [-0.25, -0.2) is 9.97 Å². The molecule has 1 unspecified atom stereocenters. The van der Waals surface area contributed by atoms with Gasteiger partial charge in [0.05, 0.1) is 5.52 Å². The molecule has 0 aliphatic carbocycles. The average Bonchev–Trinajstić information content (AvgIpc) is 2.99. The zero-order chi connectivity index (χ0) is 19.2. The summed E-state index contributed by atoms with van der Waals surface area (Å²) in [4.78, 5) is 8.60. The molecule has 0 amide bonds. The minimum absolute atomic E-state index is 0.329. The monoisotopic (exact) mass is 367 g/mol. The van der Waals surface area contributed by atoms with Crippen molar-refractivity contribution in [1.29, 1.82) is 0 Å². The Labute approximate surface area is 162 Å². The molecule has 27 heavy (non-hydrogen) atoms. The van der Waals surface area contributed by atoms with Crippen LogP contribution in [0.1, 0.15) is 70.0 Å². The highest BCUT2D eigenvalue weighted by Gasteiger charge is 2.17. The van der Waals surface area contributed by atoms with E-state index >= 15 is 0 Å². The summed E-state index contributed by atoms with van der Waals surface area (Å²) in [5.41, 5.74) is 15.0. The number of rotatable bonds is 10. The van der Waals surface area contributed by atoms with Gasteiger partial charge in [-0.1, -0.05) is 39.0 Å².